The van der Waals surface area contributed by atoms with E-state index >= 15 is 0 Å². The molecule has 0 spiro atoms. The van der Waals surface area contributed by atoms with Gasteiger partial charge in [-0.2, -0.15) is 10.1 Å². The number of rotatable bonds is 8. The van der Waals surface area contributed by atoms with Gasteiger partial charge in [0, 0.05) is 37.2 Å². The Morgan fingerprint density at radius 1 is 1.03 bits per heavy atom. The minimum absolute atomic E-state index is 0.0780. The first kappa shape index (κ1) is 22.0. The lowest BCUT2D eigenvalue weighted by molar-refractivity contribution is 0.299. The van der Waals surface area contributed by atoms with Gasteiger partial charge in [-0.15, -0.1) is 0 Å². The molecule has 33 heavy (non-hydrogen) atoms. The number of aliphatic hydroxyl groups excluding tert-OH is 1. The quantitative estimate of drug-likeness (QED) is 0.318. The Bertz CT molecular complexity index is 1270. The number of hydrazone groups is 1. The molecule has 0 aliphatic rings. The van der Waals surface area contributed by atoms with Crippen LogP contribution < -0.4 is 5.43 Å². The number of halogens is 1. The van der Waals surface area contributed by atoms with E-state index in [1.165, 1.54) is 6.07 Å². The van der Waals surface area contributed by atoms with Crippen molar-refractivity contribution in [1.29, 1.82) is 0 Å². The van der Waals surface area contributed by atoms with Gasteiger partial charge in [0.15, 0.2) is 5.71 Å². The third-order valence-corrected chi connectivity index (χ3v) is 4.73. The van der Waals surface area contributed by atoms with Crippen molar-refractivity contribution in [3.8, 4) is 11.4 Å². The number of hydrogen-bond acceptors (Lipinski definition) is 8. The molecule has 4 rings (SSSR count). The number of nitrogens with zero attached hydrogens (tertiary/aromatic N) is 5. The number of aliphatic hydroxyl groups is 1. The molecule has 0 saturated heterocycles. The van der Waals surface area contributed by atoms with Crippen LogP contribution in [-0.4, -0.2) is 45.3 Å². The summed E-state index contributed by atoms with van der Waals surface area (Å²) in [6.45, 7) is 0.0780. The fourth-order valence-corrected chi connectivity index (χ4v) is 3.13. The van der Waals surface area contributed by atoms with Crippen molar-refractivity contribution < 1.29 is 14.0 Å². The number of pyridine rings is 1. The van der Waals surface area contributed by atoms with Crippen molar-refractivity contribution in [2.24, 2.45) is 10.1 Å². The third kappa shape index (κ3) is 5.16. The van der Waals surface area contributed by atoms with Crippen molar-refractivity contribution in [2.45, 2.75) is 6.42 Å². The van der Waals surface area contributed by atoms with Crippen LogP contribution in [-0.2, 0) is 6.42 Å². The Labute approximate surface area is 189 Å². The van der Waals surface area contributed by atoms with Gasteiger partial charge in [-0.1, -0.05) is 41.6 Å². The van der Waals surface area contributed by atoms with Crippen molar-refractivity contribution in [3.63, 3.8) is 0 Å². The van der Waals surface area contributed by atoms with Gasteiger partial charge in [0.25, 0.3) is 5.89 Å². The Hall–Kier alpha value is -4.24. The number of aromatic nitrogens is 3. The molecular formula is C24H21FN6O2. The molecule has 2 aromatic carbocycles. The molecule has 2 heterocycles. The molecule has 4 aromatic rings. The first-order chi connectivity index (χ1) is 16.2. The van der Waals surface area contributed by atoms with Crippen LogP contribution in [0.25, 0.3) is 11.4 Å². The number of para-hydroxylation sites is 1. The van der Waals surface area contributed by atoms with Crippen LogP contribution in [0.2, 0.25) is 0 Å². The smallest absolute Gasteiger partial charge is 0.280 e. The number of hydrogen-bond donors (Lipinski definition) is 2. The van der Waals surface area contributed by atoms with E-state index in [4.69, 9.17) is 9.63 Å². The molecule has 0 unspecified atom stereocenters. The van der Waals surface area contributed by atoms with Gasteiger partial charge in [-0.3, -0.25) is 4.98 Å². The van der Waals surface area contributed by atoms with Crippen LogP contribution in [0.3, 0.4) is 0 Å². The van der Waals surface area contributed by atoms with Crippen LogP contribution in [0, 0.1) is 5.82 Å². The SMILES string of the molecule is CNN=C(C(=Nc1ccccc1F)c1ccncc1)c1nc(-c2ccc(CCO)cc2)no1. The summed E-state index contributed by atoms with van der Waals surface area (Å²) in [7, 11) is 1.63. The number of benzene rings is 2. The Morgan fingerprint density at radius 2 is 1.79 bits per heavy atom. The van der Waals surface area contributed by atoms with E-state index in [9.17, 15) is 4.39 Å². The monoisotopic (exact) mass is 444 g/mol. The predicted octanol–water partition coefficient (Wildman–Crippen LogP) is 3.55. The molecule has 2 N–H and O–H groups in total. The standard InChI is InChI=1S/C24H21FN6O2/c1-26-30-22(24-29-23(31-33-24)18-8-6-16(7-9-18)12-15-32)21(17-10-13-27-14-11-17)28-20-5-3-2-4-19(20)25/h2-11,13-14,26,32H,12,15H2,1H3. The summed E-state index contributed by atoms with van der Waals surface area (Å²) >= 11 is 0. The van der Waals surface area contributed by atoms with Gasteiger partial charge in [0.05, 0.1) is 5.69 Å². The zero-order chi connectivity index (χ0) is 23.0. The molecule has 0 aliphatic carbocycles. The zero-order valence-electron chi connectivity index (χ0n) is 17.8. The van der Waals surface area contributed by atoms with E-state index < -0.39 is 5.82 Å². The van der Waals surface area contributed by atoms with Crippen molar-refractivity contribution in [2.75, 3.05) is 13.7 Å². The maximum Gasteiger partial charge on any atom is 0.280 e. The maximum absolute atomic E-state index is 14.4. The topological polar surface area (TPSA) is 109 Å². The van der Waals surface area contributed by atoms with Crippen molar-refractivity contribution in [3.05, 3.63) is 95.9 Å². The first-order valence-corrected chi connectivity index (χ1v) is 10.2. The molecule has 8 nitrogen and oxygen atoms in total. The third-order valence-electron chi connectivity index (χ3n) is 4.73. The van der Waals surface area contributed by atoms with Crippen LogP contribution in [0.15, 0.2) is 87.7 Å². The molecule has 166 valence electrons. The first-order valence-electron chi connectivity index (χ1n) is 10.2. The highest BCUT2D eigenvalue weighted by Crippen LogP contribution is 2.22. The molecule has 0 bridgehead atoms. The van der Waals surface area contributed by atoms with Gasteiger partial charge < -0.3 is 15.1 Å². The molecule has 9 heteroatoms. The van der Waals surface area contributed by atoms with Crippen molar-refractivity contribution in [1.82, 2.24) is 20.6 Å². The summed E-state index contributed by atoms with van der Waals surface area (Å²) in [5, 5.41) is 17.5. The van der Waals surface area contributed by atoms with E-state index in [1.807, 2.05) is 24.3 Å². The second-order valence-electron chi connectivity index (χ2n) is 6.93. The Balaban J connectivity index is 1.77. The Morgan fingerprint density at radius 3 is 2.48 bits per heavy atom. The van der Waals surface area contributed by atoms with Crippen molar-refractivity contribution >= 4 is 17.1 Å². The lowest BCUT2D eigenvalue weighted by atomic mass is 10.1. The van der Waals surface area contributed by atoms with Crippen LogP contribution >= 0.6 is 0 Å². The summed E-state index contributed by atoms with van der Waals surface area (Å²) < 4.78 is 19.9. The number of nitrogens with one attached hydrogen (secondary N) is 1. The summed E-state index contributed by atoms with van der Waals surface area (Å²) in [4.78, 5) is 13.1. The second-order valence-corrected chi connectivity index (χ2v) is 6.93. The second kappa shape index (κ2) is 10.4. The highest BCUT2D eigenvalue weighted by atomic mass is 19.1. The lowest BCUT2D eigenvalue weighted by Crippen LogP contribution is -2.20. The molecule has 0 amide bonds. The fourth-order valence-electron chi connectivity index (χ4n) is 3.13. The van der Waals surface area contributed by atoms with E-state index in [0.29, 0.717) is 23.5 Å². The molecule has 2 aromatic heterocycles. The van der Waals surface area contributed by atoms with Gasteiger partial charge in [-0.25, -0.2) is 9.38 Å². The number of aliphatic imine (C=N–C) groups is 1. The zero-order valence-corrected chi connectivity index (χ0v) is 17.8. The maximum atomic E-state index is 14.4. The van der Waals surface area contributed by atoms with Gasteiger partial charge in [-0.05, 0) is 36.2 Å². The van der Waals surface area contributed by atoms with E-state index in [1.54, 1.807) is 49.8 Å². The van der Waals surface area contributed by atoms with Crippen LogP contribution in [0.5, 0.6) is 0 Å². The summed E-state index contributed by atoms with van der Waals surface area (Å²) in [5.41, 5.74) is 5.86. The van der Waals surface area contributed by atoms with Gasteiger partial charge >= 0.3 is 0 Å². The molecule has 0 atom stereocenters. The molecule has 0 radical (unpaired) electrons. The molecule has 0 saturated carbocycles. The van der Waals surface area contributed by atoms with Gasteiger partial charge in [0.1, 0.15) is 11.5 Å². The summed E-state index contributed by atoms with van der Waals surface area (Å²) in [5.74, 6) is 0.0112. The van der Waals surface area contributed by atoms with Gasteiger partial charge in [0.2, 0.25) is 5.82 Å². The molecular weight excluding hydrogens is 423 g/mol. The lowest BCUT2D eigenvalue weighted by Gasteiger charge is -2.08. The molecule has 0 fully saturated rings. The average Bonchev–Trinajstić information content (AvgIpc) is 3.34. The highest BCUT2D eigenvalue weighted by molar-refractivity contribution is 6.52. The van der Waals surface area contributed by atoms with E-state index in [2.05, 4.69) is 30.6 Å². The Kier molecular flexibility index (Phi) is 6.91. The average molecular weight is 444 g/mol. The predicted molar refractivity (Wildman–Crippen MR) is 123 cm³/mol. The van der Waals surface area contributed by atoms with E-state index in [-0.39, 0.29) is 23.9 Å². The summed E-state index contributed by atoms with van der Waals surface area (Å²) in [6.07, 6.45) is 3.78. The minimum atomic E-state index is -0.470. The summed E-state index contributed by atoms with van der Waals surface area (Å²) in [6, 6.07) is 17.2. The van der Waals surface area contributed by atoms with E-state index in [0.717, 1.165) is 11.1 Å². The highest BCUT2D eigenvalue weighted by Gasteiger charge is 2.22. The normalized spacial score (nSPS) is 12.1. The van der Waals surface area contributed by atoms with Crippen LogP contribution in [0.4, 0.5) is 10.1 Å². The largest absolute Gasteiger partial charge is 0.396 e. The van der Waals surface area contributed by atoms with Crippen LogP contribution in [0.1, 0.15) is 17.0 Å². The fraction of sp³-hybridized carbons (Fsp3) is 0.125. The molecule has 0 aliphatic heterocycles. The minimum Gasteiger partial charge on any atom is -0.396 e.